The summed E-state index contributed by atoms with van der Waals surface area (Å²) in [5.41, 5.74) is 3.40. The molecule has 3 nitrogen and oxygen atoms in total. The van der Waals surface area contributed by atoms with Crippen LogP contribution < -0.4 is 10.1 Å². The van der Waals surface area contributed by atoms with Gasteiger partial charge in [0.1, 0.15) is 5.75 Å². The third-order valence-electron chi connectivity index (χ3n) is 2.93. The summed E-state index contributed by atoms with van der Waals surface area (Å²) in [4.78, 5) is 3.43. The number of nitrogens with one attached hydrogen (secondary N) is 2. The third-order valence-corrected chi connectivity index (χ3v) is 3.84. The summed E-state index contributed by atoms with van der Waals surface area (Å²) >= 11 is 3.67. The first-order chi connectivity index (χ1) is 8.52. The van der Waals surface area contributed by atoms with Crippen molar-refractivity contribution in [1.82, 2.24) is 10.3 Å². The Morgan fingerprint density at radius 2 is 2.11 bits per heavy atom. The molecule has 0 aliphatic carbocycles. The van der Waals surface area contributed by atoms with Gasteiger partial charge in [0, 0.05) is 28.1 Å². The molecule has 18 heavy (non-hydrogen) atoms. The highest BCUT2D eigenvalue weighted by Gasteiger charge is 2.13. The fourth-order valence-electron chi connectivity index (χ4n) is 2.01. The molecule has 1 heterocycles. The van der Waals surface area contributed by atoms with Gasteiger partial charge in [-0.25, -0.2) is 0 Å². The van der Waals surface area contributed by atoms with Gasteiger partial charge in [-0.3, -0.25) is 0 Å². The lowest BCUT2D eigenvalue weighted by Crippen LogP contribution is -2.22. The van der Waals surface area contributed by atoms with Crippen LogP contribution in [0.3, 0.4) is 0 Å². The number of methoxy groups -OCH3 is 1. The Kier molecular flexibility index (Phi) is 3.97. The molecule has 2 aromatic rings. The molecule has 0 spiro atoms. The number of ether oxygens (including phenoxy) is 1. The average molecular weight is 311 g/mol. The lowest BCUT2D eigenvalue weighted by Gasteiger charge is -2.06. The van der Waals surface area contributed by atoms with E-state index in [0.29, 0.717) is 6.04 Å². The molecular weight excluding hydrogens is 292 g/mol. The minimum absolute atomic E-state index is 0.465. The second-order valence-corrected chi connectivity index (χ2v) is 5.64. The number of hydrogen-bond donors (Lipinski definition) is 2. The molecule has 0 amide bonds. The molecule has 0 atom stereocenters. The SMILES string of the molecule is COc1cc(C)cc2c(Br)c(CNC(C)C)[nH]c12. The van der Waals surface area contributed by atoms with Crippen LogP contribution in [0, 0.1) is 6.92 Å². The molecule has 0 fully saturated rings. The topological polar surface area (TPSA) is 37.0 Å². The van der Waals surface area contributed by atoms with Gasteiger partial charge in [0.15, 0.2) is 0 Å². The van der Waals surface area contributed by atoms with E-state index in [1.54, 1.807) is 7.11 Å². The Morgan fingerprint density at radius 1 is 1.39 bits per heavy atom. The number of aromatic nitrogens is 1. The van der Waals surface area contributed by atoms with E-state index in [9.17, 15) is 0 Å². The number of halogens is 1. The van der Waals surface area contributed by atoms with Gasteiger partial charge in [0.05, 0.1) is 12.6 Å². The lowest BCUT2D eigenvalue weighted by atomic mass is 10.1. The van der Waals surface area contributed by atoms with Crippen LogP contribution in [0.5, 0.6) is 5.75 Å². The molecule has 0 saturated carbocycles. The minimum atomic E-state index is 0.465. The second-order valence-electron chi connectivity index (χ2n) is 4.84. The van der Waals surface area contributed by atoms with Crippen molar-refractivity contribution < 1.29 is 4.74 Å². The van der Waals surface area contributed by atoms with Crippen molar-refractivity contribution in [2.45, 2.75) is 33.4 Å². The zero-order valence-electron chi connectivity index (χ0n) is 11.2. The minimum Gasteiger partial charge on any atom is -0.495 e. The number of benzene rings is 1. The molecule has 0 aliphatic rings. The number of fused-ring (bicyclic) bond motifs is 1. The fraction of sp³-hybridized carbons (Fsp3) is 0.429. The van der Waals surface area contributed by atoms with E-state index in [-0.39, 0.29) is 0 Å². The molecule has 98 valence electrons. The Labute approximate surface area is 116 Å². The smallest absolute Gasteiger partial charge is 0.143 e. The van der Waals surface area contributed by atoms with Gasteiger partial charge in [0.2, 0.25) is 0 Å². The maximum Gasteiger partial charge on any atom is 0.143 e. The number of aryl methyl sites for hydroxylation is 1. The quantitative estimate of drug-likeness (QED) is 0.902. The van der Waals surface area contributed by atoms with Crippen molar-refractivity contribution >= 4 is 26.8 Å². The maximum atomic E-state index is 5.43. The molecule has 4 heteroatoms. The van der Waals surface area contributed by atoms with Crippen molar-refractivity contribution in [3.63, 3.8) is 0 Å². The summed E-state index contributed by atoms with van der Waals surface area (Å²) in [6.07, 6.45) is 0. The van der Waals surface area contributed by atoms with Crippen molar-refractivity contribution in [2.24, 2.45) is 0 Å². The van der Waals surface area contributed by atoms with Crippen molar-refractivity contribution in [2.75, 3.05) is 7.11 Å². The van der Waals surface area contributed by atoms with Gasteiger partial charge < -0.3 is 15.0 Å². The predicted octanol–water partition coefficient (Wildman–Crippen LogP) is 3.75. The summed E-state index contributed by atoms with van der Waals surface area (Å²) in [5.74, 6) is 0.890. The van der Waals surface area contributed by atoms with Gasteiger partial charge >= 0.3 is 0 Å². The van der Waals surface area contributed by atoms with Crippen LogP contribution in [-0.4, -0.2) is 18.1 Å². The summed E-state index contributed by atoms with van der Waals surface area (Å²) in [6, 6.07) is 4.68. The van der Waals surface area contributed by atoms with Crippen LogP contribution in [0.2, 0.25) is 0 Å². The van der Waals surface area contributed by atoms with Crippen LogP contribution in [0.15, 0.2) is 16.6 Å². The van der Waals surface area contributed by atoms with Gasteiger partial charge in [-0.05, 0) is 40.5 Å². The van der Waals surface area contributed by atoms with Gasteiger partial charge in [0.25, 0.3) is 0 Å². The fourth-order valence-corrected chi connectivity index (χ4v) is 2.56. The van der Waals surface area contributed by atoms with E-state index in [4.69, 9.17) is 4.74 Å². The number of aromatic amines is 1. The first-order valence-corrected chi connectivity index (χ1v) is 6.90. The summed E-state index contributed by atoms with van der Waals surface area (Å²) in [7, 11) is 1.70. The molecule has 0 saturated heterocycles. The average Bonchev–Trinajstić information content (AvgIpc) is 2.63. The van der Waals surface area contributed by atoms with E-state index in [1.165, 1.54) is 10.9 Å². The van der Waals surface area contributed by atoms with Gasteiger partial charge in [-0.15, -0.1) is 0 Å². The Bertz CT molecular complexity index is 560. The van der Waals surface area contributed by atoms with Crippen molar-refractivity contribution in [3.8, 4) is 5.75 Å². The van der Waals surface area contributed by atoms with E-state index in [2.05, 4.69) is 53.1 Å². The Morgan fingerprint density at radius 3 is 2.72 bits per heavy atom. The third kappa shape index (κ3) is 2.54. The van der Waals surface area contributed by atoms with Crippen LogP contribution in [0.25, 0.3) is 10.9 Å². The van der Waals surface area contributed by atoms with Crippen LogP contribution in [0.1, 0.15) is 25.1 Å². The Hall–Kier alpha value is -1.00. The lowest BCUT2D eigenvalue weighted by molar-refractivity contribution is 0.418. The predicted molar refractivity (Wildman–Crippen MR) is 79.3 cm³/mol. The van der Waals surface area contributed by atoms with Crippen molar-refractivity contribution in [1.29, 1.82) is 0 Å². The van der Waals surface area contributed by atoms with Crippen LogP contribution in [0.4, 0.5) is 0 Å². The number of rotatable bonds is 4. The van der Waals surface area contributed by atoms with E-state index < -0.39 is 0 Å². The Balaban J connectivity index is 2.48. The van der Waals surface area contributed by atoms with Crippen LogP contribution >= 0.6 is 15.9 Å². The maximum absolute atomic E-state index is 5.43. The molecule has 1 aromatic heterocycles. The van der Waals surface area contributed by atoms with E-state index >= 15 is 0 Å². The molecule has 2 N–H and O–H groups in total. The van der Waals surface area contributed by atoms with Crippen molar-refractivity contribution in [3.05, 3.63) is 27.9 Å². The largest absolute Gasteiger partial charge is 0.495 e. The summed E-state index contributed by atoms with van der Waals surface area (Å²) in [5, 5.41) is 4.59. The highest BCUT2D eigenvalue weighted by Crippen LogP contribution is 2.34. The normalized spacial score (nSPS) is 11.4. The molecule has 0 bridgehead atoms. The highest BCUT2D eigenvalue weighted by atomic mass is 79.9. The second kappa shape index (κ2) is 5.33. The first-order valence-electron chi connectivity index (χ1n) is 6.11. The standard InChI is InChI=1S/C14H19BrN2O/c1-8(2)16-7-11-13(15)10-5-9(3)6-12(18-4)14(10)17-11/h5-6,8,16-17H,7H2,1-4H3. The zero-order valence-corrected chi connectivity index (χ0v) is 12.8. The van der Waals surface area contributed by atoms with E-state index in [0.717, 1.165) is 28.0 Å². The molecule has 0 unspecified atom stereocenters. The summed E-state index contributed by atoms with van der Waals surface area (Å²) < 4.78 is 6.55. The van der Waals surface area contributed by atoms with Gasteiger partial charge in [-0.1, -0.05) is 13.8 Å². The first kappa shape index (κ1) is 13.4. The summed E-state index contributed by atoms with van der Waals surface area (Å²) in [6.45, 7) is 7.17. The van der Waals surface area contributed by atoms with E-state index in [1.807, 2.05) is 6.07 Å². The molecule has 0 radical (unpaired) electrons. The molecule has 1 aromatic carbocycles. The number of H-pyrrole nitrogens is 1. The number of hydrogen-bond acceptors (Lipinski definition) is 2. The van der Waals surface area contributed by atoms with Crippen LogP contribution in [-0.2, 0) is 6.54 Å². The zero-order chi connectivity index (χ0) is 13.3. The van der Waals surface area contributed by atoms with Gasteiger partial charge in [-0.2, -0.15) is 0 Å². The molecule has 2 rings (SSSR count). The molecule has 0 aliphatic heterocycles. The molecular formula is C14H19BrN2O. The highest BCUT2D eigenvalue weighted by molar-refractivity contribution is 9.10. The monoisotopic (exact) mass is 310 g/mol.